The predicted molar refractivity (Wildman–Crippen MR) is 77.3 cm³/mol. The van der Waals surface area contributed by atoms with E-state index in [2.05, 4.69) is 26.8 Å². The number of esters is 2. The van der Waals surface area contributed by atoms with Gasteiger partial charge < -0.3 is 9.47 Å². The molecule has 4 unspecified atom stereocenters. The maximum absolute atomic E-state index is 11.9. The standard InChI is InChI=1S/C17H24O4/c1-10(18)21-11-7-16(2,3)14-6-5-12-13(9-20-15(12)19)17(14,4)8-11/h5,11,13-14H,6-9H2,1-4H3. The number of ether oxygens (including phenoxy) is 2. The normalized spacial score (nSPS) is 40.7. The summed E-state index contributed by atoms with van der Waals surface area (Å²) in [5.74, 6) is 0.247. The molecule has 4 nitrogen and oxygen atoms in total. The van der Waals surface area contributed by atoms with Gasteiger partial charge in [-0.25, -0.2) is 4.79 Å². The number of fused-ring (bicyclic) bond motifs is 3. The van der Waals surface area contributed by atoms with Crippen LogP contribution < -0.4 is 0 Å². The van der Waals surface area contributed by atoms with Gasteiger partial charge in [0.25, 0.3) is 0 Å². The molecule has 2 fully saturated rings. The third-order valence-electron chi connectivity index (χ3n) is 5.85. The molecule has 1 aliphatic heterocycles. The second kappa shape index (κ2) is 4.59. The SMILES string of the molecule is CC(=O)OC1CC(C)(C)C2CC=C3C(=O)OCC3C2(C)C1. The van der Waals surface area contributed by atoms with Gasteiger partial charge in [0.15, 0.2) is 0 Å². The van der Waals surface area contributed by atoms with Crippen molar-refractivity contribution in [1.82, 2.24) is 0 Å². The van der Waals surface area contributed by atoms with E-state index in [0.29, 0.717) is 12.5 Å². The molecule has 4 atom stereocenters. The molecular weight excluding hydrogens is 268 g/mol. The summed E-state index contributed by atoms with van der Waals surface area (Å²) in [6, 6.07) is 0. The van der Waals surface area contributed by atoms with E-state index in [1.807, 2.05) is 0 Å². The zero-order chi connectivity index (χ0) is 15.4. The van der Waals surface area contributed by atoms with E-state index in [9.17, 15) is 9.59 Å². The Kier molecular flexibility index (Phi) is 3.19. The average Bonchev–Trinajstić information content (AvgIpc) is 2.69. The van der Waals surface area contributed by atoms with Gasteiger partial charge in [-0.1, -0.05) is 26.8 Å². The highest BCUT2D eigenvalue weighted by Gasteiger charge is 2.58. The fourth-order valence-corrected chi connectivity index (χ4v) is 5.11. The van der Waals surface area contributed by atoms with Gasteiger partial charge in [0.2, 0.25) is 0 Å². The largest absolute Gasteiger partial charge is 0.463 e. The van der Waals surface area contributed by atoms with Gasteiger partial charge in [0.1, 0.15) is 6.10 Å². The van der Waals surface area contributed by atoms with Crippen LogP contribution in [0.4, 0.5) is 0 Å². The lowest BCUT2D eigenvalue weighted by Gasteiger charge is -2.56. The number of rotatable bonds is 1. The van der Waals surface area contributed by atoms with Gasteiger partial charge in [-0.05, 0) is 36.0 Å². The molecule has 0 N–H and O–H groups in total. The number of hydrogen-bond donors (Lipinski definition) is 0. The van der Waals surface area contributed by atoms with Crippen LogP contribution in [0.1, 0.15) is 47.0 Å². The molecule has 1 saturated carbocycles. The molecule has 3 rings (SSSR count). The van der Waals surface area contributed by atoms with E-state index < -0.39 is 0 Å². The van der Waals surface area contributed by atoms with Crippen LogP contribution in [-0.4, -0.2) is 24.6 Å². The molecule has 1 saturated heterocycles. The van der Waals surface area contributed by atoms with E-state index in [0.717, 1.165) is 24.8 Å². The van der Waals surface area contributed by atoms with Crippen molar-refractivity contribution >= 4 is 11.9 Å². The third kappa shape index (κ3) is 2.19. The molecule has 116 valence electrons. The lowest BCUT2D eigenvalue weighted by Crippen LogP contribution is -2.53. The summed E-state index contributed by atoms with van der Waals surface area (Å²) in [6.07, 6.45) is 4.64. The Morgan fingerprint density at radius 2 is 2.05 bits per heavy atom. The van der Waals surface area contributed by atoms with Crippen molar-refractivity contribution in [1.29, 1.82) is 0 Å². The summed E-state index contributed by atoms with van der Waals surface area (Å²) in [6.45, 7) is 8.69. The summed E-state index contributed by atoms with van der Waals surface area (Å²) in [4.78, 5) is 23.2. The minimum absolute atomic E-state index is 0.0435. The Bertz CT molecular complexity index is 519. The van der Waals surface area contributed by atoms with E-state index in [1.165, 1.54) is 6.92 Å². The monoisotopic (exact) mass is 292 g/mol. The third-order valence-corrected chi connectivity index (χ3v) is 5.85. The molecule has 0 aromatic carbocycles. The fraction of sp³-hybridized carbons (Fsp3) is 0.765. The Hall–Kier alpha value is -1.32. The quantitative estimate of drug-likeness (QED) is 0.697. The number of hydrogen-bond acceptors (Lipinski definition) is 4. The molecule has 0 aromatic heterocycles. The highest BCUT2D eigenvalue weighted by Crippen LogP contribution is 2.61. The summed E-state index contributed by atoms with van der Waals surface area (Å²) >= 11 is 0. The van der Waals surface area contributed by atoms with Gasteiger partial charge in [0.05, 0.1) is 6.61 Å². The number of carbonyl (C=O) groups is 2. The Morgan fingerprint density at radius 1 is 1.33 bits per heavy atom. The van der Waals surface area contributed by atoms with E-state index >= 15 is 0 Å². The molecule has 1 heterocycles. The van der Waals surface area contributed by atoms with Crippen LogP contribution in [0.15, 0.2) is 11.6 Å². The summed E-state index contributed by atoms with van der Waals surface area (Å²) in [5.41, 5.74) is 0.881. The zero-order valence-corrected chi connectivity index (χ0v) is 13.3. The van der Waals surface area contributed by atoms with Gasteiger partial charge in [-0.2, -0.15) is 0 Å². The van der Waals surface area contributed by atoms with Crippen LogP contribution in [0.3, 0.4) is 0 Å². The van der Waals surface area contributed by atoms with Crippen molar-refractivity contribution in [3.63, 3.8) is 0 Å². The first-order valence-electron chi connectivity index (χ1n) is 7.78. The lowest BCUT2D eigenvalue weighted by atomic mass is 9.48. The summed E-state index contributed by atoms with van der Waals surface area (Å²) in [7, 11) is 0. The smallest absolute Gasteiger partial charge is 0.334 e. The number of cyclic esters (lactones) is 1. The topological polar surface area (TPSA) is 52.6 Å². The molecule has 0 spiro atoms. The Balaban J connectivity index is 1.96. The number of carbonyl (C=O) groups excluding carboxylic acids is 2. The minimum atomic E-state index is -0.219. The van der Waals surface area contributed by atoms with Gasteiger partial charge >= 0.3 is 11.9 Å². The minimum Gasteiger partial charge on any atom is -0.463 e. The van der Waals surface area contributed by atoms with Crippen molar-refractivity contribution in [2.24, 2.45) is 22.7 Å². The highest BCUT2D eigenvalue weighted by atomic mass is 16.5. The zero-order valence-electron chi connectivity index (χ0n) is 13.3. The Labute approximate surface area is 125 Å². The van der Waals surface area contributed by atoms with Crippen LogP contribution in [0.5, 0.6) is 0 Å². The van der Waals surface area contributed by atoms with E-state index in [1.54, 1.807) is 0 Å². The molecule has 0 radical (unpaired) electrons. The molecule has 21 heavy (non-hydrogen) atoms. The van der Waals surface area contributed by atoms with E-state index in [4.69, 9.17) is 9.47 Å². The summed E-state index contributed by atoms with van der Waals surface area (Å²) in [5, 5.41) is 0. The maximum Gasteiger partial charge on any atom is 0.334 e. The van der Waals surface area contributed by atoms with Gasteiger partial charge in [-0.15, -0.1) is 0 Å². The lowest BCUT2D eigenvalue weighted by molar-refractivity contribution is -0.161. The molecular formula is C17H24O4. The van der Waals surface area contributed by atoms with Crippen LogP contribution in [0.25, 0.3) is 0 Å². The van der Waals surface area contributed by atoms with Gasteiger partial charge in [0, 0.05) is 18.4 Å². The van der Waals surface area contributed by atoms with Crippen molar-refractivity contribution in [2.45, 2.75) is 53.1 Å². The van der Waals surface area contributed by atoms with Crippen molar-refractivity contribution < 1.29 is 19.1 Å². The first-order chi connectivity index (χ1) is 9.74. The molecule has 4 heteroatoms. The summed E-state index contributed by atoms with van der Waals surface area (Å²) < 4.78 is 10.8. The molecule has 2 aliphatic carbocycles. The first-order valence-corrected chi connectivity index (χ1v) is 7.78. The van der Waals surface area contributed by atoms with Crippen LogP contribution >= 0.6 is 0 Å². The Morgan fingerprint density at radius 3 is 2.71 bits per heavy atom. The fourth-order valence-electron chi connectivity index (χ4n) is 5.11. The second-order valence-electron chi connectivity index (χ2n) is 7.73. The van der Waals surface area contributed by atoms with Crippen molar-refractivity contribution in [2.75, 3.05) is 6.61 Å². The van der Waals surface area contributed by atoms with Crippen LogP contribution in [0, 0.1) is 22.7 Å². The van der Waals surface area contributed by atoms with E-state index in [-0.39, 0.29) is 34.8 Å². The molecule has 0 bridgehead atoms. The van der Waals surface area contributed by atoms with Crippen molar-refractivity contribution in [3.05, 3.63) is 11.6 Å². The molecule has 3 aliphatic rings. The van der Waals surface area contributed by atoms with Crippen LogP contribution in [-0.2, 0) is 19.1 Å². The molecule has 0 amide bonds. The number of allylic oxidation sites excluding steroid dienone is 1. The maximum atomic E-state index is 11.9. The average molecular weight is 292 g/mol. The van der Waals surface area contributed by atoms with Crippen molar-refractivity contribution in [3.8, 4) is 0 Å². The van der Waals surface area contributed by atoms with Crippen LogP contribution in [0.2, 0.25) is 0 Å². The molecule has 0 aromatic rings. The first kappa shape index (κ1) is 14.6. The second-order valence-corrected chi connectivity index (χ2v) is 7.73. The predicted octanol–water partition coefficient (Wildman–Crippen LogP) is 2.86. The highest BCUT2D eigenvalue weighted by molar-refractivity contribution is 5.91. The van der Waals surface area contributed by atoms with Gasteiger partial charge in [-0.3, -0.25) is 4.79 Å².